The standard InChI is InChI=1S/C25H31N5O5S2/c1-17(32)21(28-22(33)19-15-36-23(26-19)18-5-3-2-4-6-18)24-27-20(16-37-24)25(34)30-9-7-29(8-10-30)11-13-35-14-12-31/h2-6,15-17,21,31-32H,7-14H2,1H3,(H,28,33)/t17-,21+/m1/s1. The zero-order valence-electron chi connectivity index (χ0n) is 20.6. The molecule has 37 heavy (non-hydrogen) atoms. The van der Waals surface area contributed by atoms with E-state index in [2.05, 4.69) is 20.2 Å². The lowest BCUT2D eigenvalue weighted by Crippen LogP contribution is -2.49. The number of nitrogens with one attached hydrogen (secondary N) is 1. The molecular formula is C25H31N5O5S2. The molecule has 0 aliphatic carbocycles. The van der Waals surface area contributed by atoms with Gasteiger partial charge < -0.3 is 25.2 Å². The fourth-order valence-electron chi connectivity index (χ4n) is 3.92. The third kappa shape index (κ3) is 7.18. The number of carbonyl (C=O) groups is 2. The van der Waals surface area contributed by atoms with Crippen LogP contribution in [0.1, 0.15) is 39.0 Å². The quantitative estimate of drug-likeness (QED) is 0.312. The average Bonchev–Trinajstić information content (AvgIpc) is 3.61. The Kier molecular flexibility index (Phi) is 9.72. The molecular weight excluding hydrogens is 514 g/mol. The minimum absolute atomic E-state index is 0.0115. The molecule has 1 fully saturated rings. The summed E-state index contributed by atoms with van der Waals surface area (Å²) in [6.45, 7) is 5.84. The van der Waals surface area contributed by atoms with Crippen LogP contribution in [0.3, 0.4) is 0 Å². The van der Waals surface area contributed by atoms with E-state index in [0.29, 0.717) is 37.0 Å². The molecule has 3 N–H and O–H groups in total. The smallest absolute Gasteiger partial charge is 0.273 e. The van der Waals surface area contributed by atoms with Crippen molar-refractivity contribution in [1.29, 1.82) is 0 Å². The van der Waals surface area contributed by atoms with Crippen molar-refractivity contribution in [2.75, 3.05) is 52.5 Å². The van der Waals surface area contributed by atoms with Crippen LogP contribution in [0, 0.1) is 0 Å². The first-order chi connectivity index (χ1) is 18.0. The molecule has 12 heteroatoms. The second-order valence-electron chi connectivity index (χ2n) is 8.64. The molecule has 0 spiro atoms. The topological polar surface area (TPSA) is 128 Å². The number of aliphatic hydroxyl groups excluding tert-OH is 2. The maximum absolute atomic E-state index is 13.0. The number of ether oxygens (including phenoxy) is 1. The molecule has 198 valence electrons. The van der Waals surface area contributed by atoms with Gasteiger partial charge >= 0.3 is 0 Å². The number of hydrogen-bond donors (Lipinski definition) is 3. The zero-order valence-corrected chi connectivity index (χ0v) is 22.2. The first-order valence-corrected chi connectivity index (χ1v) is 13.9. The fraction of sp³-hybridized carbons (Fsp3) is 0.440. The lowest BCUT2D eigenvalue weighted by Gasteiger charge is -2.34. The number of benzene rings is 1. The van der Waals surface area contributed by atoms with Gasteiger partial charge in [0.2, 0.25) is 0 Å². The molecule has 2 aromatic heterocycles. The van der Waals surface area contributed by atoms with E-state index in [1.165, 1.54) is 22.7 Å². The largest absolute Gasteiger partial charge is 0.394 e. The van der Waals surface area contributed by atoms with Crippen molar-refractivity contribution in [1.82, 2.24) is 25.1 Å². The second-order valence-corrected chi connectivity index (χ2v) is 10.4. The van der Waals surface area contributed by atoms with E-state index >= 15 is 0 Å². The molecule has 0 unspecified atom stereocenters. The van der Waals surface area contributed by atoms with Crippen LogP contribution in [-0.4, -0.2) is 100 Å². The first-order valence-electron chi connectivity index (χ1n) is 12.1. The normalized spacial score (nSPS) is 15.9. The summed E-state index contributed by atoms with van der Waals surface area (Å²) in [7, 11) is 0. The van der Waals surface area contributed by atoms with Gasteiger partial charge in [0.1, 0.15) is 27.4 Å². The van der Waals surface area contributed by atoms with Crippen LogP contribution in [0.5, 0.6) is 0 Å². The highest BCUT2D eigenvalue weighted by molar-refractivity contribution is 7.13. The van der Waals surface area contributed by atoms with E-state index in [4.69, 9.17) is 9.84 Å². The number of carbonyl (C=O) groups excluding carboxylic acids is 2. The Balaban J connectivity index is 1.35. The Morgan fingerprint density at radius 1 is 1.05 bits per heavy atom. The van der Waals surface area contributed by atoms with Gasteiger partial charge in [0.15, 0.2) is 0 Å². The monoisotopic (exact) mass is 545 g/mol. The molecule has 1 aliphatic heterocycles. The zero-order chi connectivity index (χ0) is 26.2. The number of piperazine rings is 1. The van der Waals surface area contributed by atoms with Gasteiger partial charge in [0.05, 0.1) is 25.9 Å². The Hall–Kier alpha value is -2.74. The van der Waals surface area contributed by atoms with Gasteiger partial charge in [0, 0.05) is 49.0 Å². The number of aromatic nitrogens is 2. The summed E-state index contributed by atoms with van der Waals surface area (Å²) < 4.78 is 5.32. The molecule has 3 aromatic rings. The summed E-state index contributed by atoms with van der Waals surface area (Å²) >= 11 is 2.61. The maximum atomic E-state index is 13.0. The Morgan fingerprint density at radius 3 is 2.49 bits per heavy atom. The Bertz CT molecular complexity index is 1160. The number of thiazole rings is 2. The van der Waals surface area contributed by atoms with E-state index < -0.39 is 18.1 Å². The first kappa shape index (κ1) is 27.3. The number of nitrogens with zero attached hydrogens (tertiary/aromatic N) is 4. The van der Waals surface area contributed by atoms with Crippen LogP contribution < -0.4 is 5.32 Å². The number of hydrogen-bond acceptors (Lipinski definition) is 10. The van der Waals surface area contributed by atoms with Gasteiger partial charge in [0.25, 0.3) is 11.8 Å². The van der Waals surface area contributed by atoms with Crippen molar-refractivity contribution in [3.05, 3.63) is 57.5 Å². The fourth-order valence-corrected chi connectivity index (χ4v) is 5.67. The van der Waals surface area contributed by atoms with Crippen molar-refractivity contribution in [3.8, 4) is 10.6 Å². The van der Waals surface area contributed by atoms with Gasteiger partial charge in [-0.05, 0) is 6.92 Å². The maximum Gasteiger partial charge on any atom is 0.273 e. The summed E-state index contributed by atoms with van der Waals surface area (Å²) in [6, 6.07) is 8.84. The van der Waals surface area contributed by atoms with Gasteiger partial charge in [-0.2, -0.15) is 0 Å². The average molecular weight is 546 g/mol. The molecule has 0 bridgehead atoms. The third-order valence-corrected chi connectivity index (χ3v) is 7.80. The molecule has 10 nitrogen and oxygen atoms in total. The predicted octanol–water partition coefficient (Wildman–Crippen LogP) is 1.89. The number of aliphatic hydroxyl groups is 2. The minimum Gasteiger partial charge on any atom is -0.394 e. The van der Waals surface area contributed by atoms with Crippen LogP contribution in [0.2, 0.25) is 0 Å². The lowest BCUT2D eigenvalue weighted by molar-refractivity contribution is 0.0483. The molecule has 3 heterocycles. The molecule has 1 aliphatic rings. The molecule has 0 radical (unpaired) electrons. The van der Waals surface area contributed by atoms with Crippen molar-refractivity contribution in [2.45, 2.75) is 19.1 Å². The molecule has 2 atom stereocenters. The second kappa shape index (κ2) is 13.2. The third-order valence-electron chi connectivity index (χ3n) is 5.98. The summed E-state index contributed by atoms with van der Waals surface area (Å²) in [5.74, 6) is -0.576. The lowest BCUT2D eigenvalue weighted by atomic mass is 10.2. The van der Waals surface area contributed by atoms with Gasteiger partial charge in [-0.1, -0.05) is 30.3 Å². The molecule has 4 rings (SSSR count). The van der Waals surface area contributed by atoms with Gasteiger partial charge in [-0.3, -0.25) is 14.5 Å². The molecule has 0 saturated carbocycles. The van der Waals surface area contributed by atoms with E-state index in [0.717, 1.165) is 30.2 Å². The Labute approximate surface area is 223 Å². The summed E-state index contributed by atoms with van der Waals surface area (Å²) in [6.07, 6.45) is -0.915. The molecule has 1 aromatic carbocycles. The van der Waals surface area contributed by atoms with Crippen LogP contribution in [0.15, 0.2) is 41.1 Å². The van der Waals surface area contributed by atoms with E-state index in [9.17, 15) is 14.7 Å². The SMILES string of the molecule is C[C@@H](O)[C@H](NC(=O)c1csc(-c2ccccc2)n1)c1nc(C(=O)N2CCN(CCOCCO)CC2)cs1. The van der Waals surface area contributed by atoms with E-state index in [-0.39, 0.29) is 18.2 Å². The number of amides is 2. The highest BCUT2D eigenvalue weighted by Gasteiger charge is 2.28. The summed E-state index contributed by atoms with van der Waals surface area (Å²) in [5, 5.41) is 26.5. The summed E-state index contributed by atoms with van der Waals surface area (Å²) in [5.41, 5.74) is 1.50. The van der Waals surface area contributed by atoms with Crippen LogP contribution in [-0.2, 0) is 4.74 Å². The minimum atomic E-state index is -0.915. The van der Waals surface area contributed by atoms with Crippen LogP contribution >= 0.6 is 22.7 Å². The van der Waals surface area contributed by atoms with Crippen molar-refractivity contribution < 1.29 is 24.5 Å². The number of rotatable bonds is 11. The van der Waals surface area contributed by atoms with Crippen molar-refractivity contribution in [2.24, 2.45) is 0 Å². The van der Waals surface area contributed by atoms with Crippen molar-refractivity contribution >= 4 is 34.5 Å². The van der Waals surface area contributed by atoms with Crippen molar-refractivity contribution in [3.63, 3.8) is 0 Å². The van der Waals surface area contributed by atoms with Crippen LogP contribution in [0.25, 0.3) is 10.6 Å². The highest BCUT2D eigenvalue weighted by atomic mass is 32.1. The highest BCUT2D eigenvalue weighted by Crippen LogP contribution is 2.26. The molecule has 2 amide bonds. The summed E-state index contributed by atoms with van der Waals surface area (Å²) in [4.78, 5) is 38.8. The van der Waals surface area contributed by atoms with Gasteiger partial charge in [-0.15, -0.1) is 22.7 Å². The predicted molar refractivity (Wildman–Crippen MR) is 142 cm³/mol. The van der Waals surface area contributed by atoms with Gasteiger partial charge in [-0.25, -0.2) is 9.97 Å². The van der Waals surface area contributed by atoms with E-state index in [1.807, 2.05) is 30.3 Å². The Morgan fingerprint density at radius 2 is 1.78 bits per heavy atom. The van der Waals surface area contributed by atoms with Crippen LogP contribution in [0.4, 0.5) is 0 Å². The molecule has 1 saturated heterocycles. The van der Waals surface area contributed by atoms with E-state index in [1.54, 1.807) is 22.6 Å².